The first kappa shape index (κ1) is 15.6. The average Bonchev–Trinajstić information content (AvgIpc) is 2.30. The monoisotopic (exact) mass is 267 g/mol. The smallest absolute Gasteiger partial charge is 0.304 e. The van der Waals surface area contributed by atoms with Gasteiger partial charge in [-0.25, -0.2) is 4.39 Å². The normalized spacial score (nSPS) is 14.1. The lowest BCUT2D eigenvalue weighted by molar-refractivity contribution is -0.137. The summed E-state index contributed by atoms with van der Waals surface area (Å²) in [6.45, 7) is 2.09. The number of hydrogen-bond donors (Lipinski definition) is 2. The molecule has 0 saturated heterocycles. The van der Waals surface area contributed by atoms with Crippen molar-refractivity contribution in [1.82, 2.24) is 0 Å². The molecule has 0 amide bonds. The van der Waals surface area contributed by atoms with E-state index in [0.717, 1.165) is 31.2 Å². The van der Waals surface area contributed by atoms with Gasteiger partial charge in [0.1, 0.15) is 5.82 Å². The highest BCUT2D eigenvalue weighted by molar-refractivity contribution is 5.67. The van der Waals surface area contributed by atoms with Gasteiger partial charge in [-0.05, 0) is 42.9 Å². The van der Waals surface area contributed by atoms with Crippen LogP contribution >= 0.6 is 0 Å². The third kappa shape index (κ3) is 6.91. The van der Waals surface area contributed by atoms with Crippen LogP contribution in [-0.2, 0) is 11.2 Å². The molecule has 0 radical (unpaired) electrons. The second-order valence-corrected chi connectivity index (χ2v) is 5.22. The van der Waals surface area contributed by atoms with Crippen molar-refractivity contribution >= 4 is 5.97 Å². The second kappa shape index (κ2) is 7.89. The van der Waals surface area contributed by atoms with Crippen molar-refractivity contribution in [3.8, 4) is 0 Å². The third-order valence-corrected chi connectivity index (χ3v) is 3.22. The van der Waals surface area contributed by atoms with Crippen molar-refractivity contribution in [2.45, 2.75) is 45.1 Å². The minimum absolute atomic E-state index is 0.0301. The SMILES string of the molecule is C[C@H](CCCc1ccc(F)cc1)CC(N)CC(=O)O. The fourth-order valence-electron chi connectivity index (χ4n) is 2.25. The lowest BCUT2D eigenvalue weighted by atomic mass is 9.94. The zero-order valence-electron chi connectivity index (χ0n) is 11.3. The Morgan fingerprint density at radius 1 is 1.37 bits per heavy atom. The van der Waals surface area contributed by atoms with Crippen LogP contribution in [0.15, 0.2) is 24.3 Å². The highest BCUT2D eigenvalue weighted by Gasteiger charge is 2.12. The summed E-state index contributed by atoms with van der Waals surface area (Å²) < 4.78 is 12.7. The lowest BCUT2D eigenvalue weighted by Gasteiger charge is -2.15. The Morgan fingerprint density at radius 3 is 2.58 bits per heavy atom. The van der Waals surface area contributed by atoms with Gasteiger partial charge in [-0.3, -0.25) is 4.79 Å². The molecule has 3 N–H and O–H groups in total. The molecule has 4 heteroatoms. The van der Waals surface area contributed by atoms with E-state index in [1.54, 1.807) is 12.1 Å². The quantitative estimate of drug-likeness (QED) is 0.761. The van der Waals surface area contributed by atoms with Crippen molar-refractivity contribution in [3.05, 3.63) is 35.6 Å². The Bertz CT molecular complexity index is 392. The van der Waals surface area contributed by atoms with Gasteiger partial charge in [-0.15, -0.1) is 0 Å². The molecule has 19 heavy (non-hydrogen) atoms. The van der Waals surface area contributed by atoms with E-state index in [-0.39, 0.29) is 18.3 Å². The van der Waals surface area contributed by atoms with Crippen LogP contribution < -0.4 is 5.73 Å². The van der Waals surface area contributed by atoms with Gasteiger partial charge in [0.2, 0.25) is 0 Å². The Morgan fingerprint density at radius 2 is 2.00 bits per heavy atom. The lowest BCUT2D eigenvalue weighted by Crippen LogP contribution is -2.26. The number of carbonyl (C=O) groups is 1. The predicted octanol–water partition coefficient (Wildman–Crippen LogP) is 2.98. The maximum absolute atomic E-state index is 12.7. The third-order valence-electron chi connectivity index (χ3n) is 3.22. The molecule has 0 aromatic heterocycles. The van der Waals surface area contributed by atoms with Crippen molar-refractivity contribution in [3.63, 3.8) is 0 Å². The maximum atomic E-state index is 12.7. The van der Waals surface area contributed by atoms with Crippen molar-refractivity contribution in [2.24, 2.45) is 11.7 Å². The van der Waals surface area contributed by atoms with E-state index >= 15 is 0 Å². The molecule has 0 aliphatic rings. The van der Waals surface area contributed by atoms with Gasteiger partial charge in [0, 0.05) is 6.04 Å². The Kier molecular flexibility index (Phi) is 6.50. The molecule has 0 aliphatic carbocycles. The van der Waals surface area contributed by atoms with Crippen molar-refractivity contribution in [1.29, 1.82) is 0 Å². The number of carboxylic acid groups (broad SMARTS) is 1. The molecule has 0 fully saturated rings. The molecule has 1 unspecified atom stereocenters. The van der Waals surface area contributed by atoms with Gasteiger partial charge in [-0.1, -0.05) is 25.5 Å². The number of benzene rings is 1. The first-order valence-corrected chi connectivity index (χ1v) is 6.69. The number of rotatable bonds is 8. The van der Waals surface area contributed by atoms with Crippen LogP contribution in [0.2, 0.25) is 0 Å². The van der Waals surface area contributed by atoms with Gasteiger partial charge in [0.05, 0.1) is 6.42 Å². The minimum Gasteiger partial charge on any atom is -0.481 e. The molecule has 1 aromatic rings. The molecule has 0 aliphatic heterocycles. The number of hydrogen-bond acceptors (Lipinski definition) is 2. The largest absolute Gasteiger partial charge is 0.481 e. The number of carboxylic acids is 1. The number of halogens is 1. The van der Waals surface area contributed by atoms with Crippen molar-refractivity contribution < 1.29 is 14.3 Å². The summed E-state index contributed by atoms with van der Waals surface area (Å²) in [4.78, 5) is 10.5. The van der Waals surface area contributed by atoms with Crippen LogP contribution in [0.3, 0.4) is 0 Å². The first-order chi connectivity index (χ1) is 8.97. The highest BCUT2D eigenvalue weighted by atomic mass is 19.1. The summed E-state index contributed by atoms with van der Waals surface area (Å²) in [6.07, 6.45) is 3.69. The first-order valence-electron chi connectivity index (χ1n) is 6.69. The van der Waals surface area contributed by atoms with E-state index in [2.05, 4.69) is 6.92 Å². The summed E-state index contributed by atoms with van der Waals surface area (Å²) in [7, 11) is 0. The van der Waals surface area contributed by atoms with Crippen LogP contribution in [0, 0.1) is 11.7 Å². The van der Waals surface area contributed by atoms with E-state index in [4.69, 9.17) is 10.8 Å². The number of aryl methyl sites for hydroxylation is 1. The number of aliphatic carboxylic acids is 1. The van der Waals surface area contributed by atoms with Gasteiger partial charge >= 0.3 is 5.97 Å². The van der Waals surface area contributed by atoms with Crippen LogP contribution in [0.25, 0.3) is 0 Å². The molecular weight excluding hydrogens is 245 g/mol. The standard InChI is InChI=1S/C15H22FNO2/c1-11(9-14(17)10-15(18)19)3-2-4-12-5-7-13(16)8-6-12/h5-8,11,14H,2-4,9-10,17H2,1H3,(H,18,19)/t11-,14?/m1/s1. The summed E-state index contributed by atoms with van der Waals surface area (Å²) in [5, 5.41) is 8.63. The zero-order chi connectivity index (χ0) is 14.3. The van der Waals surface area contributed by atoms with Gasteiger partial charge in [0.15, 0.2) is 0 Å². The van der Waals surface area contributed by atoms with Crippen molar-refractivity contribution in [2.75, 3.05) is 0 Å². The molecule has 1 rings (SSSR count). The topological polar surface area (TPSA) is 63.3 Å². The average molecular weight is 267 g/mol. The highest BCUT2D eigenvalue weighted by Crippen LogP contribution is 2.16. The van der Waals surface area contributed by atoms with E-state index in [9.17, 15) is 9.18 Å². The van der Waals surface area contributed by atoms with E-state index < -0.39 is 5.97 Å². The molecular formula is C15H22FNO2. The second-order valence-electron chi connectivity index (χ2n) is 5.22. The van der Waals surface area contributed by atoms with Crippen LogP contribution in [-0.4, -0.2) is 17.1 Å². The molecule has 0 spiro atoms. The van der Waals surface area contributed by atoms with Gasteiger partial charge < -0.3 is 10.8 Å². The molecule has 0 heterocycles. The molecule has 3 nitrogen and oxygen atoms in total. The summed E-state index contributed by atoms with van der Waals surface area (Å²) in [5.74, 6) is -0.641. The fourth-order valence-corrected chi connectivity index (χ4v) is 2.25. The maximum Gasteiger partial charge on any atom is 0.304 e. The zero-order valence-corrected chi connectivity index (χ0v) is 11.3. The van der Waals surface area contributed by atoms with Crippen LogP contribution in [0.1, 0.15) is 38.2 Å². The van der Waals surface area contributed by atoms with Crippen LogP contribution in [0.4, 0.5) is 4.39 Å². The summed E-state index contributed by atoms with van der Waals surface area (Å²) >= 11 is 0. The van der Waals surface area contributed by atoms with E-state index in [0.29, 0.717) is 5.92 Å². The molecule has 2 atom stereocenters. The Hall–Kier alpha value is -1.42. The van der Waals surface area contributed by atoms with E-state index in [1.807, 2.05) is 0 Å². The van der Waals surface area contributed by atoms with E-state index in [1.165, 1.54) is 12.1 Å². The number of nitrogens with two attached hydrogens (primary N) is 1. The van der Waals surface area contributed by atoms with Gasteiger partial charge in [-0.2, -0.15) is 0 Å². The Labute approximate surface area is 113 Å². The predicted molar refractivity (Wildman–Crippen MR) is 73.3 cm³/mol. The van der Waals surface area contributed by atoms with Gasteiger partial charge in [0.25, 0.3) is 0 Å². The summed E-state index contributed by atoms with van der Waals surface area (Å²) in [5.41, 5.74) is 6.88. The summed E-state index contributed by atoms with van der Waals surface area (Å²) in [6, 6.07) is 6.29. The minimum atomic E-state index is -0.842. The molecule has 0 saturated carbocycles. The molecule has 106 valence electrons. The molecule has 1 aromatic carbocycles. The van der Waals surface area contributed by atoms with Crippen LogP contribution in [0.5, 0.6) is 0 Å². The fraction of sp³-hybridized carbons (Fsp3) is 0.533. The Balaban J connectivity index is 2.21. The molecule has 0 bridgehead atoms.